The second-order valence-corrected chi connectivity index (χ2v) is 6.92. The highest BCUT2D eigenvalue weighted by Crippen LogP contribution is 2.29. The van der Waals surface area contributed by atoms with Gasteiger partial charge in [-0.3, -0.25) is 10.2 Å². The van der Waals surface area contributed by atoms with Gasteiger partial charge in [0.05, 0.1) is 7.11 Å². The zero-order chi connectivity index (χ0) is 20.5. The zero-order valence-electron chi connectivity index (χ0n) is 16.2. The average Bonchev–Trinajstić information content (AvgIpc) is 3.08. The highest BCUT2D eigenvalue weighted by Gasteiger charge is 2.19. The molecular weight excluding hydrogens is 370 g/mol. The zero-order valence-corrected chi connectivity index (χ0v) is 16.2. The van der Waals surface area contributed by atoms with Crippen molar-refractivity contribution in [3.63, 3.8) is 0 Å². The van der Waals surface area contributed by atoms with E-state index >= 15 is 0 Å². The van der Waals surface area contributed by atoms with Crippen molar-refractivity contribution < 1.29 is 13.9 Å². The van der Waals surface area contributed by atoms with E-state index in [1.54, 1.807) is 37.4 Å². The SMILES string of the molecule is CCCc1c(OC)ccc2cc(C(=O)Nc3ccc4c(c3)CNC4=N)c(=O)oc12. The third kappa shape index (κ3) is 3.35. The van der Waals surface area contributed by atoms with E-state index in [9.17, 15) is 9.59 Å². The normalized spacial score (nSPS) is 12.6. The van der Waals surface area contributed by atoms with E-state index in [0.29, 0.717) is 41.2 Å². The Morgan fingerprint density at radius 2 is 2.10 bits per heavy atom. The molecule has 29 heavy (non-hydrogen) atoms. The summed E-state index contributed by atoms with van der Waals surface area (Å²) in [5.74, 6) is 0.498. The molecule has 0 saturated carbocycles. The molecule has 148 valence electrons. The van der Waals surface area contributed by atoms with Crippen LogP contribution in [-0.2, 0) is 13.0 Å². The molecule has 0 bridgehead atoms. The maximum atomic E-state index is 12.7. The predicted octanol–water partition coefficient (Wildman–Crippen LogP) is 3.43. The van der Waals surface area contributed by atoms with Gasteiger partial charge >= 0.3 is 5.63 Å². The molecule has 0 unspecified atom stereocenters. The summed E-state index contributed by atoms with van der Waals surface area (Å²) in [6, 6.07) is 10.4. The van der Waals surface area contributed by atoms with Crippen LogP contribution in [0.2, 0.25) is 0 Å². The lowest BCUT2D eigenvalue weighted by atomic mass is 10.0. The van der Waals surface area contributed by atoms with E-state index in [4.69, 9.17) is 14.6 Å². The van der Waals surface area contributed by atoms with Crippen LogP contribution in [0.15, 0.2) is 45.6 Å². The van der Waals surface area contributed by atoms with Gasteiger partial charge in [-0.2, -0.15) is 0 Å². The highest BCUT2D eigenvalue weighted by molar-refractivity contribution is 6.06. The largest absolute Gasteiger partial charge is 0.496 e. The van der Waals surface area contributed by atoms with Crippen molar-refractivity contribution >= 4 is 28.4 Å². The van der Waals surface area contributed by atoms with Crippen LogP contribution in [0.25, 0.3) is 11.0 Å². The van der Waals surface area contributed by atoms with E-state index in [0.717, 1.165) is 23.1 Å². The maximum Gasteiger partial charge on any atom is 0.349 e. The fourth-order valence-corrected chi connectivity index (χ4v) is 3.60. The first kappa shape index (κ1) is 18.7. The number of amides is 1. The summed E-state index contributed by atoms with van der Waals surface area (Å²) in [5, 5.41) is 14.2. The van der Waals surface area contributed by atoms with Crippen LogP contribution in [0.1, 0.15) is 40.4 Å². The van der Waals surface area contributed by atoms with Crippen LogP contribution in [0.4, 0.5) is 5.69 Å². The van der Waals surface area contributed by atoms with Crippen molar-refractivity contribution in [3.05, 3.63) is 69.1 Å². The molecule has 0 saturated heterocycles. The topological polar surface area (TPSA) is 104 Å². The molecule has 2 heterocycles. The van der Waals surface area contributed by atoms with E-state index in [1.165, 1.54) is 0 Å². The standard InChI is InChI=1S/C22H21N3O4/c1-3-4-16-18(28-2)8-5-12-10-17(22(27)29-19(12)16)21(26)25-14-6-7-15-13(9-14)11-24-20(15)23/h5-10H,3-4,11H2,1-2H3,(H2,23,24)(H,25,26). The molecule has 0 atom stereocenters. The summed E-state index contributed by atoms with van der Waals surface area (Å²) in [6.45, 7) is 2.57. The minimum Gasteiger partial charge on any atom is -0.496 e. The molecule has 3 aromatic rings. The summed E-state index contributed by atoms with van der Waals surface area (Å²) in [5.41, 5.74) is 2.83. The molecular formula is C22H21N3O4. The molecule has 1 aromatic heterocycles. The fraction of sp³-hybridized carbons (Fsp3) is 0.227. The van der Waals surface area contributed by atoms with Crippen molar-refractivity contribution in [2.24, 2.45) is 0 Å². The number of carbonyl (C=O) groups is 1. The Labute approximate surface area is 167 Å². The predicted molar refractivity (Wildman–Crippen MR) is 111 cm³/mol. The molecule has 1 aliphatic rings. The molecule has 0 spiro atoms. The molecule has 7 nitrogen and oxygen atoms in total. The number of nitrogens with one attached hydrogen (secondary N) is 3. The Balaban J connectivity index is 1.69. The first-order chi connectivity index (χ1) is 14.0. The van der Waals surface area contributed by atoms with E-state index < -0.39 is 11.5 Å². The van der Waals surface area contributed by atoms with Crippen LogP contribution in [-0.4, -0.2) is 18.9 Å². The third-order valence-electron chi connectivity index (χ3n) is 5.02. The molecule has 0 radical (unpaired) electrons. The Morgan fingerprint density at radius 3 is 2.86 bits per heavy atom. The second kappa shape index (κ2) is 7.43. The smallest absolute Gasteiger partial charge is 0.349 e. The van der Waals surface area contributed by atoms with Gasteiger partial charge in [0.1, 0.15) is 22.7 Å². The lowest BCUT2D eigenvalue weighted by Crippen LogP contribution is -2.21. The number of rotatable bonds is 5. The maximum absolute atomic E-state index is 12.7. The molecule has 3 N–H and O–H groups in total. The van der Waals surface area contributed by atoms with Crippen LogP contribution in [0.3, 0.4) is 0 Å². The van der Waals surface area contributed by atoms with E-state index in [1.807, 2.05) is 13.0 Å². The molecule has 4 rings (SSSR count). The van der Waals surface area contributed by atoms with Gasteiger partial charge < -0.3 is 19.8 Å². The van der Waals surface area contributed by atoms with Gasteiger partial charge in [0.2, 0.25) is 0 Å². The molecule has 0 aliphatic carbocycles. The number of anilines is 1. The number of methoxy groups -OCH3 is 1. The number of amidine groups is 1. The molecule has 1 amide bonds. The monoisotopic (exact) mass is 391 g/mol. The number of benzene rings is 2. The molecule has 1 aliphatic heterocycles. The summed E-state index contributed by atoms with van der Waals surface area (Å²) >= 11 is 0. The van der Waals surface area contributed by atoms with Crippen molar-refractivity contribution in [3.8, 4) is 5.75 Å². The summed E-state index contributed by atoms with van der Waals surface area (Å²) < 4.78 is 10.9. The fourth-order valence-electron chi connectivity index (χ4n) is 3.60. The van der Waals surface area contributed by atoms with Crippen molar-refractivity contribution in [1.82, 2.24) is 5.32 Å². The van der Waals surface area contributed by atoms with Crippen LogP contribution >= 0.6 is 0 Å². The third-order valence-corrected chi connectivity index (χ3v) is 5.02. The summed E-state index contributed by atoms with van der Waals surface area (Å²) in [7, 11) is 1.58. The van der Waals surface area contributed by atoms with Crippen molar-refractivity contribution in [2.45, 2.75) is 26.3 Å². The van der Waals surface area contributed by atoms with Crippen LogP contribution in [0, 0.1) is 5.41 Å². The Morgan fingerprint density at radius 1 is 1.28 bits per heavy atom. The minimum absolute atomic E-state index is 0.0588. The van der Waals surface area contributed by atoms with Crippen LogP contribution in [0.5, 0.6) is 5.75 Å². The number of carbonyl (C=O) groups excluding carboxylic acids is 1. The summed E-state index contributed by atoms with van der Waals surface area (Å²) in [6.07, 6.45) is 1.57. The number of hydrogen-bond acceptors (Lipinski definition) is 5. The van der Waals surface area contributed by atoms with Gasteiger partial charge in [0, 0.05) is 28.7 Å². The van der Waals surface area contributed by atoms with Gasteiger partial charge in [0.25, 0.3) is 5.91 Å². The number of fused-ring (bicyclic) bond motifs is 2. The first-order valence-corrected chi connectivity index (χ1v) is 9.42. The second-order valence-electron chi connectivity index (χ2n) is 6.92. The van der Waals surface area contributed by atoms with Gasteiger partial charge in [-0.1, -0.05) is 13.3 Å². The lowest BCUT2D eigenvalue weighted by Gasteiger charge is -2.11. The van der Waals surface area contributed by atoms with Gasteiger partial charge in [-0.25, -0.2) is 4.79 Å². The summed E-state index contributed by atoms with van der Waals surface area (Å²) in [4.78, 5) is 25.3. The average molecular weight is 391 g/mol. The molecule has 2 aromatic carbocycles. The number of ether oxygens (including phenoxy) is 1. The lowest BCUT2D eigenvalue weighted by molar-refractivity contribution is 0.102. The van der Waals surface area contributed by atoms with E-state index in [2.05, 4.69) is 10.6 Å². The quantitative estimate of drug-likeness (QED) is 0.578. The van der Waals surface area contributed by atoms with Crippen molar-refractivity contribution in [1.29, 1.82) is 5.41 Å². The Hall–Kier alpha value is -3.61. The first-order valence-electron chi connectivity index (χ1n) is 9.42. The number of aryl methyl sites for hydroxylation is 1. The Bertz CT molecular complexity index is 1200. The van der Waals surface area contributed by atoms with Gasteiger partial charge in [-0.15, -0.1) is 0 Å². The van der Waals surface area contributed by atoms with Gasteiger partial charge in [0.15, 0.2) is 0 Å². The Kier molecular flexibility index (Phi) is 4.80. The highest BCUT2D eigenvalue weighted by atomic mass is 16.5. The van der Waals surface area contributed by atoms with Crippen LogP contribution < -0.4 is 21.0 Å². The number of hydrogen-bond donors (Lipinski definition) is 3. The van der Waals surface area contributed by atoms with Crippen molar-refractivity contribution in [2.75, 3.05) is 12.4 Å². The molecule has 0 fully saturated rings. The van der Waals surface area contributed by atoms with Gasteiger partial charge in [-0.05, 0) is 48.4 Å². The molecule has 7 heteroatoms. The minimum atomic E-state index is -0.690. The van der Waals surface area contributed by atoms with E-state index in [-0.39, 0.29) is 5.56 Å².